The van der Waals surface area contributed by atoms with E-state index in [0.717, 1.165) is 25.9 Å². The van der Waals surface area contributed by atoms with Crippen molar-refractivity contribution in [3.8, 4) is 0 Å². The second-order valence-corrected chi connectivity index (χ2v) is 4.65. The average Bonchev–Trinajstić information content (AvgIpc) is 2.33. The van der Waals surface area contributed by atoms with E-state index >= 15 is 0 Å². The first-order valence-electron chi connectivity index (χ1n) is 6.89. The lowest BCUT2D eigenvalue weighted by molar-refractivity contribution is -0.119. The molecule has 0 heterocycles. The summed E-state index contributed by atoms with van der Waals surface area (Å²) in [5.74, 6) is 1.34. The maximum Gasteiger partial charge on any atom is 0.241 e. The van der Waals surface area contributed by atoms with E-state index in [2.05, 4.69) is 34.8 Å². The predicted octanol–water partition coefficient (Wildman–Crippen LogP) is 1.11. The normalized spacial score (nSPS) is 11.5. The molecule has 0 unspecified atom stereocenters. The van der Waals surface area contributed by atoms with Crippen LogP contribution in [-0.4, -0.2) is 38.0 Å². The number of nitrogens with zero attached hydrogens (tertiary/aromatic N) is 1. The molecule has 0 saturated carbocycles. The van der Waals surface area contributed by atoms with Crippen LogP contribution in [0.15, 0.2) is 4.99 Å². The highest BCUT2D eigenvalue weighted by Gasteiger charge is 2.01. The van der Waals surface area contributed by atoms with Crippen LogP contribution in [0.4, 0.5) is 0 Å². The highest BCUT2D eigenvalue weighted by molar-refractivity contribution is 5.84. The fourth-order valence-electron chi connectivity index (χ4n) is 1.29. The van der Waals surface area contributed by atoms with Gasteiger partial charge in [0, 0.05) is 19.6 Å². The molecule has 1 amide bonds. The molecule has 106 valence electrons. The molecule has 0 rings (SSSR count). The Labute approximate surface area is 111 Å². The van der Waals surface area contributed by atoms with Crippen molar-refractivity contribution in [2.75, 3.05) is 26.2 Å². The number of carbonyl (C=O) groups is 1. The highest BCUT2D eigenvalue weighted by atomic mass is 16.1. The lowest BCUT2D eigenvalue weighted by atomic mass is 10.1. The second kappa shape index (κ2) is 10.9. The van der Waals surface area contributed by atoms with Crippen LogP contribution in [0.2, 0.25) is 0 Å². The zero-order chi connectivity index (χ0) is 13.8. The molecule has 5 nitrogen and oxygen atoms in total. The van der Waals surface area contributed by atoms with Gasteiger partial charge < -0.3 is 16.0 Å². The molecule has 0 spiro atoms. The maximum atomic E-state index is 11.4. The lowest BCUT2D eigenvalue weighted by Gasteiger charge is -2.12. The van der Waals surface area contributed by atoms with E-state index in [1.807, 2.05) is 13.8 Å². The van der Waals surface area contributed by atoms with Crippen LogP contribution < -0.4 is 16.0 Å². The summed E-state index contributed by atoms with van der Waals surface area (Å²) >= 11 is 0. The maximum absolute atomic E-state index is 11.4. The van der Waals surface area contributed by atoms with Crippen molar-refractivity contribution >= 4 is 11.9 Å². The third-order valence-electron chi connectivity index (χ3n) is 2.31. The SMILES string of the molecule is CCCNC(=O)CN=C(NCC)NCCC(C)C. The van der Waals surface area contributed by atoms with E-state index in [9.17, 15) is 4.79 Å². The molecule has 0 aromatic rings. The molecule has 0 aromatic carbocycles. The number of rotatable bonds is 8. The first kappa shape index (κ1) is 16.7. The van der Waals surface area contributed by atoms with Gasteiger partial charge in [0.05, 0.1) is 0 Å². The number of hydrogen-bond acceptors (Lipinski definition) is 2. The van der Waals surface area contributed by atoms with Gasteiger partial charge in [0.15, 0.2) is 5.96 Å². The molecule has 18 heavy (non-hydrogen) atoms. The Morgan fingerprint density at radius 2 is 1.83 bits per heavy atom. The van der Waals surface area contributed by atoms with Crippen LogP contribution >= 0.6 is 0 Å². The molecule has 0 aliphatic carbocycles. The minimum atomic E-state index is -0.0297. The number of carbonyl (C=O) groups excluding carboxylic acids is 1. The van der Waals surface area contributed by atoms with Gasteiger partial charge in [-0.05, 0) is 25.7 Å². The number of nitrogens with one attached hydrogen (secondary N) is 3. The molecule has 0 aromatic heterocycles. The molecule has 5 heteroatoms. The Morgan fingerprint density at radius 1 is 1.11 bits per heavy atom. The van der Waals surface area contributed by atoms with Crippen LogP contribution in [0.1, 0.15) is 40.5 Å². The van der Waals surface area contributed by atoms with E-state index in [0.29, 0.717) is 18.4 Å². The van der Waals surface area contributed by atoms with E-state index < -0.39 is 0 Å². The highest BCUT2D eigenvalue weighted by Crippen LogP contribution is 1.95. The number of hydrogen-bond donors (Lipinski definition) is 3. The molecule has 0 aliphatic rings. The van der Waals surface area contributed by atoms with E-state index in [-0.39, 0.29) is 12.5 Å². The van der Waals surface area contributed by atoms with Crippen molar-refractivity contribution in [2.45, 2.75) is 40.5 Å². The van der Waals surface area contributed by atoms with Crippen LogP contribution in [0.5, 0.6) is 0 Å². The fourth-order valence-corrected chi connectivity index (χ4v) is 1.29. The van der Waals surface area contributed by atoms with Crippen molar-refractivity contribution < 1.29 is 4.79 Å². The summed E-state index contributed by atoms with van der Waals surface area (Å²) in [6, 6.07) is 0. The second-order valence-electron chi connectivity index (χ2n) is 4.65. The average molecular weight is 256 g/mol. The molecule has 0 saturated heterocycles. The van der Waals surface area contributed by atoms with Gasteiger partial charge in [-0.25, -0.2) is 4.99 Å². The zero-order valence-electron chi connectivity index (χ0n) is 12.2. The van der Waals surface area contributed by atoms with Gasteiger partial charge in [0.25, 0.3) is 0 Å². The summed E-state index contributed by atoms with van der Waals surface area (Å²) < 4.78 is 0. The standard InChI is InChI=1S/C13H28N4O/c1-5-8-15-12(18)10-17-13(14-6-2)16-9-7-11(3)4/h11H,5-10H2,1-4H3,(H,15,18)(H2,14,16,17). The molecule has 0 radical (unpaired) electrons. The molecule has 3 N–H and O–H groups in total. The van der Waals surface area contributed by atoms with Gasteiger partial charge in [0.2, 0.25) is 5.91 Å². The van der Waals surface area contributed by atoms with E-state index in [1.54, 1.807) is 0 Å². The number of aliphatic imine (C=N–C) groups is 1. The minimum absolute atomic E-state index is 0.0297. The monoisotopic (exact) mass is 256 g/mol. The molecule has 0 bridgehead atoms. The topological polar surface area (TPSA) is 65.5 Å². The first-order valence-corrected chi connectivity index (χ1v) is 6.89. The van der Waals surface area contributed by atoms with Crippen molar-refractivity contribution in [1.29, 1.82) is 0 Å². The Kier molecular flexibility index (Phi) is 10.1. The lowest BCUT2D eigenvalue weighted by Crippen LogP contribution is -2.39. The van der Waals surface area contributed by atoms with Gasteiger partial charge >= 0.3 is 0 Å². The predicted molar refractivity (Wildman–Crippen MR) is 76.7 cm³/mol. The summed E-state index contributed by atoms with van der Waals surface area (Å²) in [6.07, 6.45) is 2.04. The Hall–Kier alpha value is -1.26. The van der Waals surface area contributed by atoms with Gasteiger partial charge in [-0.3, -0.25) is 4.79 Å². The summed E-state index contributed by atoms with van der Waals surface area (Å²) in [5.41, 5.74) is 0. The van der Waals surface area contributed by atoms with Crippen molar-refractivity contribution in [3.63, 3.8) is 0 Å². The number of amides is 1. The first-order chi connectivity index (χ1) is 8.60. The van der Waals surface area contributed by atoms with Crippen LogP contribution in [0.3, 0.4) is 0 Å². The van der Waals surface area contributed by atoms with Crippen molar-refractivity contribution in [2.24, 2.45) is 10.9 Å². The van der Waals surface area contributed by atoms with Gasteiger partial charge in [-0.1, -0.05) is 20.8 Å². The largest absolute Gasteiger partial charge is 0.357 e. The quantitative estimate of drug-likeness (QED) is 0.450. The van der Waals surface area contributed by atoms with Gasteiger partial charge in [-0.15, -0.1) is 0 Å². The van der Waals surface area contributed by atoms with Gasteiger partial charge in [0.1, 0.15) is 6.54 Å². The Bertz CT molecular complexity index is 251. The third kappa shape index (κ3) is 9.93. The molecular formula is C13H28N4O. The minimum Gasteiger partial charge on any atom is -0.357 e. The fraction of sp³-hybridized carbons (Fsp3) is 0.846. The molecule has 0 aliphatic heterocycles. The summed E-state index contributed by atoms with van der Waals surface area (Å²) in [7, 11) is 0. The van der Waals surface area contributed by atoms with Crippen LogP contribution in [0.25, 0.3) is 0 Å². The Morgan fingerprint density at radius 3 is 2.39 bits per heavy atom. The van der Waals surface area contributed by atoms with Crippen molar-refractivity contribution in [3.05, 3.63) is 0 Å². The van der Waals surface area contributed by atoms with Crippen molar-refractivity contribution in [1.82, 2.24) is 16.0 Å². The van der Waals surface area contributed by atoms with Gasteiger partial charge in [-0.2, -0.15) is 0 Å². The number of guanidine groups is 1. The third-order valence-corrected chi connectivity index (χ3v) is 2.31. The summed E-state index contributed by atoms with van der Waals surface area (Å²) in [5, 5.41) is 9.15. The molecular weight excluding hydrogens is 228 g/mol. The zero-order valence-corrected chi connectivity index (χ0v) is 12.2. The summed E-state index contributed by atoms with van der Waals surface area (Å²) in [6.45, 7) is 11.0. The molecule has 0 atom stereocenters. The van der Waals surface area contributed by atoms with Crippen LogP contribution in [0, 0.1) is 5.92 Å². The molecule has 0 fully saturated rings. The summed E-state index contributed by atoms with van der Waals surface area (Å²) in [4.78, 5) is 15.7. The van der Waals surface area contributed by atoms with E-state index in [4.69, 9.17) is 0 Å². The van der Waals surface area contributed by atoms with E-state index in [1.165, 1.54) is 0 Å². The van der Waals surface area contributed by atoms with Crippen LogP contribution in [-0.2, 0) is 4.79 Å². The Balaban J connectivity index is 4.01. The smallest absolute Gasteiger partial charge is 0.241 e.